The Morgan fingerprint density at radius 3 is 2.38 bits per heavy atom. The molecule has 8 heteroatoms. The van der Waals surface area contributed by atoms with Gasteiger partial charge in [0.05, 0.1) is 10.5 Å². The van der Waals surface area contributed by atoms with Crippen molar-refractivity contribution < 1.29 is 18.4 Å². The van der Waals surface area contributed by atoms with Crippen molar-refractivity contribution in [3.05, 3.63) is 33.9 Å². The van der Waals surface area contributed by atoms with Gasteiger partial charge in [-0.05, 0) is 26.3 Å². The number of nitro groups is 1. The average Bonchev–Trinajstić information content (AvgIpc) is 2.33. The minimum Gasteiger partial charge on any atom is -0.389 e. The van der Waals surface area contributed by atoms with Crippen molar-refractivity contribution in [1.82, 2.24) is 4.31 Å². The summed E-state index contributed by atoms with van der Waals surface area (Å²) in [5.41, 5.74) is -1.39. The van der Waals surface area contributed by atoms with Gasteiger partial charge in [0.25, 0.3) is 5.69 Å². The van der Waals surface area contributed by atoms with E-state index in [4.69, 9.17) is 0 Å². The maximum Gasteiger partial charge on any atom is 0.289 e. The van der Waals surface area contributed by atoms with E-state index in [0.29, 0.717) is 5.56 Å². The number of aryl methyl sites for hydroxylation is 1. The van der Waals surface area contributed by atoms with Gasteiger partial charge in [-0.25, -0.2) is 8.42 Å². The van der Waals surface area contributed by atoms with Gasteiger partial charge in [-0.15, -0.1) is 0 Å². The number of aliphatic hydroxyl groups is 1. The smallest absolute Gasteiger partial charge is 0.289 e. The highest BCUT2D eigenvalue weighted by molar-refractivity contribution is 7.89. The van der Waals surface area contributed by atoms with Crippen LogP contribution in [0.5, 0.6) is 0 Å². The molecule has 0 amide bonds. The van der Waals surface area contributed by atoms with Crippen LogP contribution >= 0.6 is 0 Å². The van der Waals surface area contributed by atoms with Gasteiger partial charge in [-0.3, -0.25) is 10.1 Å². The summed E-state index contributed by atoms with van der Waals surface area (Å²) in [5, 5.41) is 20.9. The summed E-state index contributed by atoms with van der Waals surface area (Å²) in [4.78, 5) is 10.1. The highest BCUT2D eigenvalue weighted by Crippen LogP contribution is 2.30. The molecule has 1 aromatic rings. The van der Waals surface area contributed by atoms with Gasteiger partial charge >= 0.3 is 0 Å². The van der Waals surface area contributed by atoms with Crippen LogP contribution in [0.4, 0.5) is 5.69 Å². The summed E-state index contributed by atoms with van der Waals surface area (Å²) in [7, 11) is -4.06. The van der Waals surface area contributed by atoms with Crippen molar-refractivity contribution in [3.63, 3.8) is 0 Å². The molecule has 0 unspecified atom stereocenters. The molecule has 1 N–H and O–H groups in total. The molecule has 0 aromatic heterocycles. The van der Waals surface area contributed by atoms with Gasteiger partial charge < -0.3 is 5.11 Å². The quantitative estimate of drug-likeness (QED) is 0.635. The average molecular weight is 316 g/mol. The van der Waals surface area contributed by atoms with Crippen molar-refractivity contribution in [2.24, 2.45) is 0 Å². The van der Waals surface area contributed by atoms with E-state index in [1.165, 1.54) is 32.9 Å². The zero-order valence-corrected chi connectivity index (χ0v) is 13.3. The maximum absolute atomic E-state index is 12.7. The Bertz CT molecular complexity index is 634. The molecule has 0 atom stereocenters. The van der Waals surface area contributed by atoms with Crippen LogP contribution in [-0.4, -0.2) is 41.4 Å². The van der Waals surface area contributed by atoms with E-state index in [-0.39, 0.29) is 18.0 Å². The Balaban J connectivity index is 3.46. The van der Waals surface area contributed by atoms with E-state index in [1.807, 2.05) is 0 Å². The molecule has 0 spiro atoms. The molecule has 1 aromatic carbocycles. The largest absolute Gasteiger partial charge is 0.389 e. The second-order valence-electron chi connectivity index (χ2n) is 5.42. The number of hydrogen-bond acceptors (Lipinski definition) is 5. The molecular formula is C13H20N2O5S. The first kappa shape index (κ1) is 17.5. The van der Waals surface area contributed by atoms with Crippen molar-refractivity contribution in [2.75, 3.05) is 13.1 Å². The Morgan fingerprint density at radius 1 is 1.38 bits per heavy atom. The van der Waals surface area contributed by atoms with Gasteiger partial charge in [-0.2, -0.15) is 4.31 Å². The molecular weight excluding hydrogens is 296 g/mol. The van der Waals surface area contributed by atoms with E-state index >= 15 is 0 Å². The Labute approximate surface area is 124 Å². The van der Waals surface area contributed by atoms with E-state index in [1.54, 1.807) is 6.92 Å². The van der Waals surface area contributed by atoms with Crippen LogP contribution in [0.25, 0.3) is 0 Å². The fourth-order valence-corrected chi connectivity index (χ4v) is 4.01. The minimum atomic E-state index is -4.06. The first-order valence-corrected chi connectivity index (χ1v) is 7.91. The highest BCUT2D eigenvalue weighted by Gasteiger charge is 2.34. The Morgan fingerprint density at radius 2 is 1.95 bits per heavy atom. The fourth-order valence-electron chi connectivity index (χ4n) is 2.04. The van der Waals surface area contributed by atoms with Crippen LogP contribution in [0.1, 0.15) is 26.3 Å². The molecule has 21 heavy (non-hydrogen) atoms. The van der Waals surface area contributed by atoms with Crippen LogP contribution in [0.2, 0.25) is 0 Å². The summed E-state index contributed by atoms with van der Waals surface area (Å²) in [5.74, 6) is 0. The van der Waals surface area contributed by atoms with Crippen LogP contribution < -0.4 is 0 Å². The zero-order chi connectivity index (χ0) is 16.4. The van der Waals surface area contributed by atoms with Gasteiger partial charge in [0.1, 0.15) is 0 Å². The molecule has 1 rings (SSSR count). The molecule has 0 radical (unpaired) electrons. The van der Waals surface area contributed by atoms with Crippen LogP contribution in [-0.2, 0) is 10.0 Å². The van der Waals surface area contributed by atoms with Crippen molar-refractivity contribution in [2.45, 2.75) is 38.2 Å². The number of rotatable bonds is 6. The number of benzene rings is 1. The highest BCUT2D eigenvalue weighted by atomic mass is 32.2. The number of nitro benzene ring substituents is 1. The van der Waals surface area contributed by atoms with Gasteiger partial charge in [0.2, 0.25) is 10.0 Å². The molecule has 0 fully saturated rings. The summed E-state index contributed by atoms with van der Waals surface area (Å²) in [6.45, 7) is 6.06. The molecule has 118 valence electrons. The summed E-state index contributed by atoms with van der Waals surface area (Å²) < 4.78 is 26.4. The standard InChI is InChI=1S/C13H20N2O5S/c1-5-14(9-13(3,4)16)21(19,20)12-10(2)7-6-8-11(12)15(17)18/h6-8,16H,5,9H2,1-4H3. The third-order valence-corrected chi connectivity index (χ3v) is 5.02. The third-order valence-electron chi connectivity index (χ3n) is 2.90. The number of likely N-dealkylation sites (N-methyl/N-ethyl adjacent to an activating group) is 1. The molecule has 0 aliphatic rings. The van der Waals surface area contributed by atoms with Crippen molar-refractivity contribution in [3.8, 4) is 0 Å². The molecule has 0 heterocycles. The lowest BCUT2D eigenvalue weighted by Gasteiger charge is -2.27. The van der Waals surface area contributed by atoms with E-state index in [2.05, 4.69) is 0 Å². The third kappa shape index (κ3) is 3.99. The predicted molar refractivity (Wildman–Crippen MR) is 78.6 cm³/mol. The summed E-state index contributed by atoms with van der Waals surface area (Å²) in [6.07, 6.45) is 0. The lowest BCUT2D eigenvalue weighted by atomic mass is 10.1. The van der Waals surface area contributed by atoms with Gasteiger partial charge in [-0.1, -0.05) is 19.1 Å². The summed E-state index contributed by atoms with van der Waals surface area (Å²) in [6, 6.07) is 4.12. The van der Waals surface area contributed by atoms with Crippen LogP contribution in [0.15, 0.2) is 23.1 Å². The maximum atomic E-state index is 12.7. The molecule has 0 saturated heterocycles. The fraction of sp³-hybridized carbons (Fsp3) is 0.538. The molecule has 7 nitrogen and oxygen atoms in total. The van der Waals surface area contributed by atoms with E-state index in [9.17, 15) is 23.6 Å². The second kappa shape index (κ2) is 6.08. The van der Waals surface area contributed by atoms with E-state index < -0.39 is 26.2 Å². The Kier molecular flexibility index (Phi) is 5.08. The molecule has 0 aliphatic carbocycles. The van der Waals surface area contributed by atoms with Crippen molar-refractivity contribution >= 4 is 15.7 Å². The first-order chi connectivity index (χ1) is 9.50. The lowest BCUT2D eigenvalue weighted by Crippen LogP contribution is -2.42. The topological polar surface area (TPSA) is 101 Å². The summed E-state index contributed by atoms with van der Waals surface area (Å²) >= 11 is 0. The monoisotopic (exact) mass is 316 g/mol. The van der Waals surface area contributed by atoms with Crippen LogP contribution in [0.3, 0.4) is 0 Å². The number of sulfonamides is 1. The van der Waals surface area contributed by atoms with Crippen molar-refractivity contribution in [1.29, 1.82) is 0 Å². The van der Waals surface area contributed by atoms with Gasteiger partial charge in [0.15, 0.2) is 4.90 Å². The normalized spacial score (nSPS) is 12.7. The second-order valence-corrected chi connectivity index (χ2v) is 7.30. The molecule has 0 aliphatic heterocycles. The number of nitrogens with zero attached hydrogens (tertiary/aromatic N) is 2. The Hall–Kier alpha value is -1.51. The number of hydrogen-bond donors (Lipinski definition) is 1. The molecule has 0 bridgehead atoms. The first-order valence-electron chi connectivity index (χ1n) is 6.47. The van der Waals surface area contributed by atoms with E-state index in [0.717, 1.165) is 10.4 Å². The minimum absolute atomic E-state index is 0.109. The predicted octanol–water partition coefficient (Wildman–Crippen LogP) is 1.68. The SMILES string of the molecule is CCN(CC(C)(C)O)S(=O)(=O)c1c(C)cccc1[N+](=O)[O-]. The zero-order valence-electron chi connectivity index (χ0n) is 12.5. The van der Waals surface area contributed by atoms with Gasteiger partial charge in [0, 0.05) is 19.2 Å². The van der Waals surface area contributed by atoms with Crippen LogP contribution in [0, 0.1) is 17.0 Å². The molecule has 0 saturated carbocycles. The lowest BCUT2D eigenvalue weighted by molar-refractivity contribution is -0.387.